The number of hydrogen-bond donors (Lipinski definition) is 0. The van der Waals surface area contributed by atoms with Crippen LogP contribution in [0.5, 0.6) is 0 Å². The summed E-state index contributed by atoms with van der Waals surface area (Å²) in [4.78, 5) is 0. The first-order valence-electron chi connectivity index (χ1n) is 10.7. The fourth-order valence-corrected chi connectivity index (χ4v) is 5.02. The van der Waals surface area contributed by atoms with Crippen molar-refractivity contribution in [3.05, 3.63) is 100 Å². The molecule has 148 valence electrons. The predicted molar refractivity (Wildman–Crippen MR) is 126 cm³/mol. The summed E-state index contributed by atoms with van der Waals surface area (Å²) < 4.78 is 2.29. The lowest BCUT2D eigenvalue weighted by atomic mass is 9.92. The number of pyridine rings is 1. The Balaban J connectivity index is 1.74. The second-order valence-electron chi connectivity index (χ2n) is 8.74. The Bertz CT molecular complexity index is 1310. The molecule has 0 radical (unpaired) electrons. The highest BCUT2D eigenvalue weighted by Crippen LogP contribution is 2.46. The fraction of sp³-hybridized carbons (Fsp3) is 0.207. The van der Waals surface area contributed by atoms with Crippen LogP contribution in [0.2, 0.25) is 0 Å². The summed E-state index contributed by atoms with van der Waals surface area (Å²) >= 11 is 0. The highest BCUT2D eigenvalue weighted by Gasteiger charge is 2.28. The molecule has 1 heteroatoms. The van der Waals surface area contributed by atoms with E-state index in [2.05, 4.69) is 106 Å². The Morgan fingerprint density at radius 2 is 1.27 bits per heavy atom. The normalized spacial score (nSPS) is 12.0. The topological polar surface area (TPSA) is 3.88 Å². The van der Waals surface area contributed by atoms with Crippen LogP contribution in [0.3, 0.4) is 0 Å². The summed E-state index contributed by atoms with van der Waals surface area (Å²) in [5.41, 5.74) is 16.5. The Kier molecular flexibility index (Phi) is 4.36. The molecule has 0 unspecified atom stereocenters. The van der Waals surface area contributed by atoms with Crippen LogP contribution in [0.25, 0.3) is 33.5 Å². The maximum atomic E-state index is 2.35. The number of rotatable bonds is 2. The number of fused-ring (bicyclic) bond motifs is 3. The first kappa shape index (κ1) is 18.8. The second-order valence-corrected chi connectivity index (χ2v) is 8.74. The van der Waals surface area contributed by atoms with Gasteiger partial charge in [0.2, 0.25) is 5.69 Å². The molecule has 1 aromatic heterocycles. The maximum Gasteiger partial charge on any atom is 0.213 e. The molecule has 0 saturated heterocycles. The molecule has 5 rings (SSSR count). The van der Waals surface area contributed by atoms with E-state index in [1.54, 1.807) is 0 Å². The molecule has 4 aromatic rings. The quantitative estimate of drug-likeness (QED) is 0.297. The Morgan fingerprint density at radius 3 is 2.03 bits per heavy atom. The average Bonchev–Trinajstić information content (AvgIpc) is 3.10. The summed E-state index contributed by atoms with van der Waals surface area (Å²) in [6.45, 7) is 8.85. The Hall–Kier alpha value is -3.19. The minimum absolute atomic E-state index is 0.985. The van der Waals surface area contributed by atoms with Gasteiger partial charge < -0.3 is 0 Å². The Labute approximate surface area is 179 Å². The molecule has 0 spiro atoms. The summed E-state index contributed by atoms with van der Waals surface area (Å²) in [6.07, 6.45) is 3.24. The first-order chi connectivity index (χ1) is 14.5. The van der Waals surface area contributed by atoms with Gasteiger partial charge in [0.25, 0.3) is 0 Å². The third-order valence-electron chi connectivity index (χ3n) is 6.77. The molecule has 0 saturated carbocycles. The van der Waals surface area contributed by atoms with Gasteiger partial charge in [0, 0.05) is 18.1 Å². The van der Waals surface area contributed by atoms with Crippen molar-refractivity contribution in [3.63, 3.8) is 0 Å². The van der Waals surface area contributed by atoms with Gasteiger partial charge in [0.15, 0.2) is 6.20 Å². The van der Waals surface area contributed by atoms with E-state index in [-0.39, 0.29) is 0 Å². The highest BCUT2D eigenvalue weighted by molar-refractivity contribution is 5.90. The van der Waals surface area contributed by atoms with E-state index in [4.69, 9.17) is 0 Å². The number of hydrogen-bond acceptors (Lipinski definition) is 0. The molecular formula is C29H28N+. The molecule has 1 aliphatic rings. The SMILES string of the molecule is Cc1cc(-c2c(C)ccc3c2Cc2c(-c4ccccc4C)cccc2-3)[n+](C)cc1C. The van der Waals surface area contributed by atoms with Gasteiger partial charge in [-0.3, -0.25) is 0 Å². The Morgan fingerprint density at radius 1 is 0.600 bits per heavy atom. The molecule has 1 nitrogen and oxygen atoms in total. The summed E-state index contributed by atoms with van der Waals surface area (Å²) in [5.74, 6) is 0. The van der Waals surface area contributed by atoms with E-state index in [0.29, 0.717) is 0 Å². The number of nitrogens with zero attached hydrogens (tertiary/aromatic N) is 1. The monoisotopic (exact) mass is 390 g/mol. The molecule has 0 amide bonds. The second kappa shape index (κ2) is 6.95. The number of aromatic nitrogens is 1. The maximum absolute atomic E-state index is 2.35. The first-order valence-corrected chi connectivity index (χ1v) is 10.7. The minimum atomic E-state index is 0.985. The van der Waals surface area contributed by atoms with Crippen LogP contribution in [0.4, 0.5) is 0 Å². The summed E-state index contributed by atoms with van der Waals surface area (Å²) in [7, 11) is 2.17. The van der Waals surface area contributed by atoms with E-state index >= 15 is 0 Å². The van der Waals surface area contributed by atoms with Gasteiger partial charge in [-0.1, -0.05) is 54.6 Å². The number of benzene rings is 3. The van der Waals surface area contributed by atoms with Crippen molar-refractivity contribution in [2.75, 3.05) is 0 Å². The molecular weight excluding hydrogens is 362 g/mol. The van der Waals surface area contributed by atoms with Crippen LogP contribution in [-0.2, 0) is 13.5 Å². The smallest absolute Gasteiger partial charge is 0.201 e. The third-order valence-corrected chi connectivity index (χ3v) is 6.77. The van der Waals surface area contributed by atoms with Gasteiger partial charge in [0.1, 0.15) is 7.05 Å². The lowest BCUT2D eigenvalue weighted by Gasteiger charge is -2.12. The molecule has 0 N–H and O–H groups in total. The van der Waals surface area contributed by atoms with Crippen molar-refractivity contribution in [2.24, 2.45) is 7.05 Å². The van der Waals surface area contributed by atoms with Crippen LogP contribution < -0.4 is 4.57 Å². The number of aryl methyl sites for hydroxylation is 5. The van der Waals surface area contributed by atoms with Crippen LogP contribution in [-0.4, -0.2) is 0 Å². The minimum Gasteiger partial charge on any atom is -0.201 e. The van der Waals surface area contributed by atoms with Crippen molar-refractivity contribution in [2.45, 2.75) is 34.1 Å². The van der Waals surface area contributed by atoms with Crippen LogP contribution in [0, 0.1) is 27.7 Å². The average molecular weight is 391 g/mol. The van der Waals surface area contributed by atoms with Crippen molar-refractivity contribution in [1.82, 2.24) is 0 Å². The molecule has 0 fully saturated rings. The summed E-state index contributed by atoms with van der Waals surface area (Å²) in [6, 6.07) is 22.5. The standard InChI is InChI=1S/C29H28N/c1-18-9-6-7-10-22(18)23-11-8-12-24-25-14-13-19(2)29(27(25)16-26(23)24)28-15-20(3)21(4)17-30(28)5/h6-15,17H,16H2,1-5H3/q+1. The van der Waals surface area contributed by atoms with E-state index < -0.39 is 0 Å². The van der Waals surface area contributed by atoms with Gasteiger partial charge in [-0.2, -0.15) is 0 Å². The molecule has 0 aliphatic heterocycles. The van der Waals surface area contributed by atoms with Crippen LogP contribution in [0.15, 0.2) is 66.9 Å². The van der Waals surface area contributed by atoms with Gasteiger partial charge in [-0.05, 0) is 77.8 Å². The zero-order valence-corrected chi connectivity index (χ0v) is 18.5. The third kappa shape index (κ3) is 2.81. The van der Waals surface area contributed by atoms with Crippen molar-refractivity contribution < 1.29 is 4.57 Å². The zero-order valence-electron chi connectivity index (χ0n) is 18.5. The van der Waals surface area contributed by atoms with Crippen molar-refractivity contribution in [1.29, 1.82) is 0 Å². The molecule has 30 heavy (non-hydrogen) atoms. The largest absolute Gasteiger partial charge is 0.213 e. The van der Waals surface area contributed by atoms with Crippen LogP contribution in [0.1, 0.15) is 33.4 Å². The van der Waals surface area contributed by atoms with Gasteiger partial charge in [-0.15, -0.1) is 0 Å². The van der Waals surface area contributed by atoms with E-state index in [9.17, 15) is 0 Å². The van der Waals surface area contributed by atoms with E-state index in [1.165, 1.54) is 66.9 Å². The van der Waals surface area contributed by atoms with Crippen molar-refractivity contribution in [3.8, 4) is 33.5 Å². The molecule has 1 aliphatic carbocycles. The zero-order chi connectivity index (χ0) is 21.0. The molecule has 0 atom stereocenters. The van der Waals surface area contributed by atoms with Crippen LogP contribution >= 0.6 is 0 Å². The predicted octanol–water partition coefficient (Wildman–Crippen LogP) is 6.65. The molecule has 0 bridgehead atoms. The van der Waals surface area contributed by atoms with Crippen molar-refractivity contribution >= 4 is 0 Å². The lowest BCUT2D eigenvalue weighted by molar-refractivity contribution is -0.660. The lowest BCUT2D eigenvalue weighted by Crippen LogP contribution is -2.32. The van der Waals surface area contributed by atoms with E-state index in [1.807, 2.05) is 0 Å². The van der Waals surface area contributed by atoms with Gasteiger partial charge in [-0.25, -0.2) is 4.57 Å². The molecule has 3 aromatic carbocycles. The summed E-state index contributed by atoms with van der Waals surface area (Å²) in [5, 5.41) is 0. The highest BCUT2D eigenvalue weighted by atomic mass is 14.9. The van der Waals surface area contributed by atoms with Gasteiger partial charge >= 0.3 is 0 Å². The fourth-order valence-electron chi connectivity index (χ4n) is 5.02. The van der Waals surface area contributed by atoms with Gasteiger partial charge in [0.05, 0.1) is 5.56 Å². The molecule has 1 heterocycles. The van der Waals surface area contributed by atoms with E-state index in [0.717, 1.165) is 6.42 Å².